The van der Waals surface area contributed by atoms with E-state index in [1.165, 1.54) is 5.56 Å². The molecule has 0 amide bonds. The second kappa shape index (κ2) is 6.08. The maximum absolute atomic E-state index is 4.44. The monoisotopic (exact) mass is 312 g/mol. The van der Waals surface area contributed by atoms with Crippen LogP contribution in [0.4, 0.5) is 0 Å². The van der Waals surface area contributed by atoms with Crippen molar-refractivity contribution in [2.24, 2.45) is 0 Å². The summed E-state index contributed by atoms with van der Waals surface area (Å²) in [5.41, 5.74) is 4.05. The highest BCUT2D eigenvalue weighted by molar-refractivity contribution is 5.64. The fourth-order valence-electron chi connectivity index (χ4n) is 2.66. The molecule has 0 saturated heterocycles. The first-order valence-corrected chi connectivity index (χ1v) is 7.82. The van der Waals surface area contributed by atoms with Gasteiger partial charge in [0.1, 0.15) is 5.69 Å². The van der Waals surface area contributed by atoms with Crippen LogP contribution in [0.25, 0.3) is 28.6 Å². The summed E-state index contributed by atoms with van der Waals surface area (Å²) in [6.45, 7) is 2.08. The first-order chi connectivity index (χ1) is 11.8. The molecular formula is C20H16N4. The zero-order valence-corrected chi connectivity index (χ0v) is 13.3. The molecule has 4 rings (SSSR count). The average Bonchev–Trinajstić information content (AvgIpc) is 3.09. The topological polar surface area (TPSA) is 43.6 Å². The molecule has 0 aliphatic heterocycles. The third-order valence-corrected chi connectivity index (χ3v) is 3.88. The number of nitrogens with zero attached hydrogens (tertiary/aromatic N) is 4. The van der Waals surface area contributed by atoms with Crippen molar-refractivity contribution in [2.75, 3.05) is 0 Å². The Kier molecular flexibility index (Phi) is 3.63. The molecule has 4 aromatic rings. The van der Waals surface area contributed by atoms with Crippen molar-refractivity contribution in [3.63, 3.8) is 0 Å². The van der Waals surface area contributed by atoms with Gasteiger partial charge in [-0.15, -0.1) is 10.2 Å². The van der Waals surface area contributed by atoms with E-state index in [1.54, 1.807) is 6.20 Å². The van der Waals surface area contributed by atoms with E-state index in [9.17, 15) is 0 Å². The van der Waals surface area contributed by atoms with Gasteiger partial charge < -0.3 is 0 Å². The normalized spacial score (nSPS) is 10.7. The third kappa shape index (κ3) is 2.58. The minimum atomic E-state index is 0.735. The van der Waals surface area contributed by atoms with Crippen LogP contribution in [0.2, 0.25) is 0 Å². The molecule has 116 valence electrons. The number of pyridine rings is 1. The molecule has 4 heteroatoms. The van der Waals surface area contributed by atoms with E-state index in [-0.39, 0.29) is 0 Å². The van der Waals surface area contributed by atoms with Crippen LogP contribution in [-0.2, 0) is 0 Å². The van der Waals surface area contributed by atoms with E-state index in [4.69, 9.17) is 0 Å². The minimum Gasteiger partial charge on any atom is -0.274 e. The Morgan fingerprint density at radius 1 is 0.708 bits per heavy atom. The summed E-state index contributed by atoms with van der Waals surface area (Å²) < 4.78 is 2.05. The van der Waals surface area contributed by atoms with Gasteiger partial charge in [0, 0.05) is 17.4 Å². The van der Waals surface area contributed by atoms with Crippen molar-refractivity contribution < 1.29 is 0 Å². The van der Waals surface area contributed by atoms with Crippen LogP contribution < -0.4 is 0 Å². The summed E-state index contributed by atoms with van der Waals surface area (Å²) in [4.78, 5) is 4.44. The molecule has 0 spiro atoms. The summed E-state index contributed by atoms with van der Waals surface area (Å²) in [7, 11) is 0. The summed E-state index contributed by atoms with van der Waals surface area (Å²) in [5, 5.41) is 8.85. The molecule has 0 saturated carbocycles. The molecule has 0 unspecified atom stereocenters. The number of hydrogen-bond donors (Lipinski definition) is 0. The molecule has 0 fully saturated rings. The molecular weight excluding hydrogens is 296 g/mol. The van der Waals surface area contributed by atoms with E-state index < -0.39 is 0 Å². The Morgan fingerprint density at radius 2 is 1.42 bits per heavy atom. The quantitative estimate of drug-likeness (QED) is 0.566. The molecule has 24 heavy (non-hydrogen) atoms. The standard InChI is InChI=1S/C20H16N4/c1-15-10-12-17(13-11-15)24-19(16-7-3-2-4-8-16)22-23-20(24)18-9-5-6-14-21-18/h2-14H,1H3. The SMILES string of the molecule is Cc1ccc(-n2c(-c3ccccc3)nnc2-c2ccccn2)cc1. The smallest absolute Gasteiger partial charge is 0.187 e. The van der Waals surface area contributed by atoms with Crippen molar-refractivity contribution in [1.29, 1.82) is 0 Å². The zero-order chi connectivity index (χ0) is 16.4. The maximum Gasteiger partial charge on any atom is 0.187 e. The number of rotatable bonds is 3. The van der Waals surface area contributed by atoms with Gasteiger partial charge in [0.15, 0.2) is 11.6 Å². The fourth-order valence-corrected chi connectivity index (χ4v) is 2.66. The van der Waals surface area contributed by atoms with Crippen LogP contribution >= 0.6 is 0 Å². The van der Waals surface area contributed by atoms with E-state index in [0.29, 0.717) is 0 Å². The average molecular weight is 312 g/mol. The van der Waals surface area contributed by atoms with E-state index in [0.717, 1.165) is 28.6 Å². The van der Waals surface area contributed by atoms with Crippen molar-refractivity contribution in [3.05, 3.63) is 84.6 Å². The van der Waals surface area contributed by atoms with Gasteiger partial charge in [0.25, 0.3) is 0 Å². The van der Waals surface area contributed by atoms with Crippen molar-refractivity contribution in [1.82, 2.24) is 19.7 Å². The van der Waals surface area contributed by atoms with Crippen molar-refractivity contribution >= 4 is 0 Å². The maximum atomic E-state index is 4.44. The summed E-state index contributed by atoms with van der Waals surface area (Å²) in [6, 6.07) is 24.2. The summed E-state index contributed by atoms with van der Waals surface area (Å²) >= 11 is 0. The first kappa shape index (κ1) is 14.3. The van der Waals surface area contributed by atoms with Crippen LogP contribution in [0.1, 0.15) is 5.56 Å². The lowest BCUT2D eigenvalue weighted by atomic mass is 10.2. The number of aryl methyl sites for hydroxylation is 1. The Balaban J connectivity index is 1.96. The third-order valence-electron chi connectivity index (χ3n) is 3.88. The largest absolute Gasteiger partial charge is 0.274 e. The Bertz CT molecular complexity index is 885. The molecule has 2 aromatic heterocycles. The van der Waals surface area contributed by atoms with Gasteiger partial charge in [-0.05, 0) is 31.2 Å². The molecule has 0 aliphatic carbocycles. The highest BCUT2D eigenvalue weighted by Gasteiger charge is 2.17. The van der Waals surface area contributed by atoms with E-state index >= 15 is 0 Å². The lowest BCUT2D eigenvalue weighted by Gasteiger charge is -2.10. The molecule has 0 bridgehead atoms. The Hall–Kier alpha value is -3.27. The van der Waals surface area contributed by atoms with Gasteiger partial charge in [-0.1, -0.05) is 54.1 Å². The fraction of sp³-hybridized carbons (Fsp3) is 0.0500. The van der Waals surface area contributed by atoms with Gasteiger partial charge in [0.05, 0.1) is 0 Å². The lowest BCUT2D eigenvalue weighted by Crippen LogP contribution is -2.01. The van der Waals surface area contributed by atoms with Crippen LogP contribution in [0.5, 0.6) is 0 Å². The van der Waals surface area contributed by atoms with E-state index in [2.05, 4.69) is 50.9 Å². The zero-order valence-electron chi connectivity index (χ0n) is 13.3. The van der Waals surface area contributed by atoms with Gasteiger partial charge >= 0.3 is 0 Å². The molecule has 0 atom stereocenters. The first-order valence-electron chi connectivity index (χ1n) is 7.82. The number of aromatic nitrogens is 4. The van der Waals surface area contributed by atoms with Gasteiger partial charge in [-0.25, -0.2) is 0 Å². The van der Waals surface area contributed by atoms with Crippen LogP contribution in [0.15, 0.2) is 79.0 Å². The number of hydrogen-bond acceptors (Lipinski definition) is 3. The highest BCUT2D eigenvalue weighted by atomic mass is 15.3. The summed E-state index contributed by atoms with van der Waals surface area (Å²) in [6.07, 6.45) is 1.77. The Morgan fingerprint density at radius 3 is 2.12 bits per heavy atom. The molecule has 2 aromatic carbocycles. The molecule has 0 aliphatic rings. The minimum absolute atomic E-state index is 0.735. The molecule has 0 radical (unpaired) electrons. The van der Waals surface area contributed by atoms with Crippen LogP contribution in [0.3, 0.4) is 0 Å². The number of benzene rings is 2. The summed E-state index contributed by atoms with van der Waals surface area (Å²) in [5.74, 6) is 1.54. The highest BCUT2D eigenvalue weighted by Crippen LogP contribution is 2.27. The second-order valence-corrected chi connectivity index (χ2v) is 5.60. The predicted octanol–water partition coefficient (Wildman–Crippen LogP) is 4.30. The van der Waals surface area contributed by atoms with E-state index in [1.807, 2.05) is 48.5 Å². The van der Waals surface area contributed by atoms with Crippen LogP contribution in [0, 0.1) is 6.92 Å². The predicted molar refractivity (Wildman–Crippen MR) is 94.8 cm³/mol. The van der Waals surface area contributed by atoms with Crippen molar-refractivity contribution in [2.45, 2.75) is 6.92 Å². The second-order valence-electron chi connectivity index (χ2n) is 5.60. The van der Waals surface area contributed by atoms with Crippen molar-refractivity contribution in [3.8, 4) is 28.6 Å². The molecule has 4 nitrogen and oxygen atoms in total. The van der Waals surface area contributed by atoms with Crippen LogP contribution in [-0.4, -0.2) is 19.7 Å². The van der Waals surface area contributed by atoms with Gasteiger partial charge in [-0.3, -0.25) is 9.55 Å². The molecule has 2 heterocycles. The lowest BCUT2D eigenvalue weighted by molar-refractivity contribution is 1.05. The molecule has 0 N–H and O–H groups in total. The Labute approximate surface area is 140 Å². The van der Waals surface area contributed by atoms with Gasteiger partial charge in [-0.2, -0.15) is 0 Å². The van der Waals surface area contributed by atoms with Gasteiger partial charge in [0.2, 0.25) is 0 Å².